The Hall–Kier alpha value is -0.940. The van der Waals surface area contributed by atoms with Crippen molar-refractivity contribution in [2.75, 3.05) is 7.11 Å². The van der Waals surface area contributed by atoms with E-state index < -0.39 is 0 Å². The van der Waals surface area contributed by atoms with Gasteiger partial charge in [-0.15, -0.1) is 10.2 Å². The zero-order chi connectivity index (χ0) is 11.4. The number of aryl methyl sites for hydroxylation is 1. The summed E-state index contributed by atoms with van der Waals surface area (Å²) in [5, 5.41) is 11.4. The maximum absolute atomic E-state index is 5.50. The summed E-state index contributed by atoms with van der Waals surface area (Å²) in [7, 11) is 3.76. The molecule has 1 aromatic rings. The lowest BCUT2D eigenvalue weighted by Crippen LogP contribution is -2.43. The van der Waals surface area contributed by atoms with E-state index in [2.05, 4.69) is 15.5 Å². The Kier molecular flexibility index (Phi) is 3.90. The van der Waals surface area contributed by atoms with E-state index in [1.54, 1.807) is 13.4 Å². The van der Waals surface area contributed by atoms with Crippen LogP contribution < -0.4 is 5.32 Å². The summed E-state index contributed by atoms with van der Waals surface area (Å²) in [6.07, 6.45) is 6.99. The second kappa shape index (κ2) is 5.41. The molecule has 0 amide bonds. The summed E-state index contributed by atoms with van der Waals surface area (Å²) in [6.45, 7) is 0.765. The molecule has 0 aromatic carbocycles. The van der Waals surface area contributed by atoms with Crippen LogP contribution in [0.25, 0.3) is 0 Å². The topological polar surface area (TPSA) is 52.0 Å². The molecule has 1 N–H and O–H groups in total. The fraction of sp³-hybridized carbons (Fsp3) is 0.818. The highest BCUT2D eigenvalue weighted by atomic mass is 16.5. The second-order valence-electron chi connectivity index (χ2n) is 4.40. The van der Waals surface area contributed by atoms with Crippen LogP contribution in [-0.4, -0.2) is 34.0 Å². The van der Waals surface area contributed by atoms with Gasteiger partial charge in [-0.25, -0.2) is 0 Å². The molecule has 1 heterocycles. The Morgan fingerprint density at radius 1 is 1.50 bits per heavy atom. The molecule has 1 fully saturated rings. The molecule has 0 aliphatic heterocycles. The predicted molar refractivity (Wildman–Crippen MR) is 60.9 cm³/mol. The normalized spacial score (nSPS) is 25.9. The first-order chi connectivity index (χ1) is 7.81. The number of rotatable bonds is 4. The molecule has 0 saturated heterocycles. The fourth-order valence-electron chi connectivity index (χ4n) is 2.30. The summed E-state index contributed by atoms with van der Waals surface area (Å²) >= 11 is 0. The first-order valence-electron chi connectivity index (χ1n) is 5.90. The molecule has 1 aliphatic rings. The van der Waals surface area contributed by atoms with Crippen molar-refractivity contribution in [3.05, 3.63) is 12.2 Å². The first kappa shape index (κ1) is 11.5. The first-order valence-corrected chi connectivity index (χ1v) is 5.90. The molecule has 1 aliphatic carbocycles. The van der Waals surface area contributed by atoms with Crippen LogP contribution in [0.1, 0.15) is 31.5 Å². The van der Waals surface area contributed by atoms with Crippen molar-refractivity contribution in [2.24, 2.45) is 7.05 Å². The van der Waals surface area contributed by atoms with Crippen LogP contribution in [0.3, 0.4) is 0 Å². The Labute approximate surface area is 96.2 Å². The maximum atomic E-state index is 5.50. The third kappa shape index (κ3) is 2.59. The van der Waals surface area contributed by atoms with E-state index in [0.29, 0.717) is 12.1 Å². The molecule has 16 heavy (non-hydrogen) atoms. The number of aromatic nitrogens is 3. The zero-order valence-electron chi connectivity index (χ0n) is 10.0. The van der Waals surface area contributed by atoms with Gasteiger partial charge in [0, 0.05) is 20.2 Å². The number of ether oxygens (including phenoxy) is 1. The van der Waals surface area contributed by atoms with Gasteiger partial charge in [0.2, 0.25) is 0 Å². The van der Waals surface area contributed by atoms with E-state index in [4.69, 9.17) is 4.74 Å². The summed E-state index contributed by atoms with van der Waals surface area (Å²) in [4.78, 5) is 0. The van der Waals surface area contributed by atoms with Crippen LogP contribution in [0.5, 0.6) is 0 Å². The van der Waals surface area contributed by atoms with Gasteiger partial charge in [0.15, 0.2) is 0 Å². The Morgan fingerprint density at radius 3 is 3.00 bits per heavy atom. The number of nitrogens with zero attached hydrogens (tertiary/aromatic N) is 3. The Morgan fingerprint density at radius 2 is 2.31 bits per heavy atom. The van der Waals surface area contributed by atoms with Crippen molar-refractivity contribution >= 4 is 0 Å². The van der Waals surface area contributed by atoms with E-state index in [1.807, 2.05) is 11.6 Å². The van der Waals surface area contributed by atoms with Crippen molar-refractivity contribution in [3.8, 4) is 0 Å². The van der Waals surface area contributed by atoms with E-state index in [9.17, 15) is 0 Å². The summed E-state index contributed by atoms with van der Waals surface area (Å²) in [5.41, 5.74) is 0. The Balaban J connectivity index is 1.86. The molecular weight excluding hydrogens is 204 g/mol. The predicted octanol–water partition coefficient (Wildman–Crippen LogP) is 0.862. The molecule has 5 nitrogen and oxygen atoms in total. The molecule has 0 radical (unpaired) electrons. The zero-order valence-corrected chi connectivity index (χ0v) is 10.0. The van der Waals surface area contributed by atoms with E-state index in [-0.39, 0.29) is 0 Å². The summed E-state index contributed by atoms with van der Waals surface area (Å²) in [6, 6.07) is 0.454. The molecule has 1 aromatic heterocycles. The van der Waals surface area contributed by atoms with Crippen LogP contribution in [0.4, 0.5) is 0 Å². The van der Waals surface area contributed by atoms with Crippen LogP contribution in [0.15, 0.2) is 6.33 Å². The molecule has 2 atom stereocenters. The highest BCUT2D eigenvalue weighted by Crippen LogP contribution is 2.20. The lowest BCUT2D eigenvalue weighted by Gasteiger charge is -2.31. The smallest absolute Gasteiger partial charge is 0.146 e. The van der Waals surface area contributed by atoms with Crippen LogP contribution in [0.2, 0.25) is 0 Å². The summed E-state index contributed by atoms with van der Waals surface area (Å²) < 4.78 is 7.44. The van der Waals surface area contributed by atoms with Crippen molar-refractivity contribution < 1.29 is 4.74 Å². The Bertz CT molecular complexity index is 326. The quantitative estimate of drug-likeness (QED) is 0.824. The van der Waals surface area contributed by atoms with E-state index >= 15 is 0 Å². The largest absolute Gasteiger partial charge is 0.380 e. The molecular formula is C11H20N4O. The van der Waals surface area contributed by atoms with E-state index in [0.717, 1.165) is 18.8 Å². The van der Waals surface area contributed by atoms with Crippen molar-refractivity contribution in [1.82, 2.24) is 20.1 Å². The molecule has 0 spiro atoms. The molecule has 2 rings (SSSR count). The molecule has 90 valence electrons. The lowest BCUT2D eigenvalue weighted by atomic mass is 9.92. The minimum Gasteiger partial charge on any atom is -0.380 e. The molecule has 1 saturated carbocycles. The fourth-order valence-corrected chi connectivity index (χ4v) is 2.30. The van der Waals surface area contributed by atoms with Crippen molar-refractivity contribution in [3.63, 3.8) is 0 Å². The summed E-state index contributed by atoms with van der Waals surface area (Å²) in [5.74, 6) is 0.973. The third-order valence-corrected chi connectivity index (χ3v) is 3.33. The van der Waals surface area contributed by atoms with Gasteiger partial charge in [0.25, 0.3) is 0 Å². The van der Waals surface area contributed by atoms with Crippen LogP contribution >= 0.6 is 0 Å². The average molecular weight is 224 g/mol. The minimum absolute atomic E-state index is 0.349. The number of hydrogen-bond acceptors (Lipinski definition) is 4. The highest BCUT2D eigenvalue weighted by Gasteiger charge is 2.24. The monoisotopic (exact) mass is 224 g/mol. The van der Waals surface area contributed by atoms with Gasteiger partial charge in [-0.1, -0.05) is 12.8 Å². The average Bonchev–Trinajstić information content (AvgIpc) is 2.72. The molecule has 2 unspecified atom stereocenters. The van der Waals surface area contributed by atoms with Crippen LogP contribution in [0, 0.1) is 0 Å². The lowest BCUT2D eigenvalue weighted by molar-refractivity contribution is 0.0410. The van der Waals surface area contributed by atoms with Gasteiger partial charge in [-0.3, -0.25) is 0 Å². The van der Waals surface area contributed by atoms with Gasteiger partial charge in [-0.2, -0.15) is 0 Å². The number of hydrogen-bond donors (Lipinski definition) is 1. The van der Waals surface area contributed by atoms with E-state index in [1.165, 1.54) is 19.3 Å². The van der Waals surface area contributed by atoms with Gasteiger partial charge in [-0.05, 0) is 12.8 Å². The number of methoxy groups -OCH3 is 1. The van der Waals surface area contributed by atoms with Crippen LogP contribution in [-0.2, 0) is 18.3 Å². The van der Waals surface area contributed by atoms with Crippen molar-refractivity contribution in [1.29, 1.82) is 0 Å². The van der Waals surface area contributed by atoms with Gasteiger partial charge < -0.3 is 14.6 Å². The van der Waals surface area contributed by atoms with Gasteiger partial charge in [0.05, 0.1) is 12.6 Å². The maximum Gasteiger partial charge on any atom is 0.146 e. The minimum atomic E-state index is 0.349. The van der Waals surface area contributed by atoms with Gasteiger partial charge in [0.1, 0.15) is 12.2 Å². The molecule has 0 bridgehead atoms. The SMILES string of the molecule is COC1CCCCC1NCc1nncn1C. The van der Waals surface area contributed by atoms with Crippen molar-refractivity contribution in [2.45, 2.75) is 44.4 Å². The number of nitrogens with one attached hydrogen (secondary N) is 1. The molecule has 5 heteroatoms. The highest BCUT2D eigenvalue weighted by molar-refractivity contribution is 4.87. The second-order valence-corrected chi connectivity index (χ2v) is 4.40. The third-order valence-electron chi connectivity index (χ3n) is 3.33. The standard InChI is InChI=1S/C11H20N4O/c1-15-8-13-14-11(15)7-12-9-5-3-4-6-10(9)16-2/h8-10,12H,3-7H2,1-2H3. The van der Waals surface area contributed by atoms with Gasteiger partial charge >= 0.3 is 0 Å².